The summed E-state index contributed by atoms with van der Waals surface area (Å²) in [6, 6.07) is 16.1. The Morgan fingerprint density at radius 3 is 2.34 bits per heavy atom. The second-order valence-electron chi connectivity index (χ2n) is 6.85. The second kappa shape index (κ2) is 9.69. The van der Waals surface area contributed by atoms with Crippen molar-refractivity contribution < 1.29 is 23.5 Å². The summed E-state index contributed by atoms with van der Waals surface area (Å²) in [5.41, 5.74) is -0.783. The van der Waals surface area contributed by atoms with Crippen molar-refractivity contribution in [1.29, 1.82) is 5.26 Å². The number of anilines is 1. The molecule has 0 aliphatic heterocycles. The van der Waals surface area contributed by atoms with E-state index in [1.54, 1.807) is 24.3 Å². The lowest BCUT2D eigenvalue weighted by atomic mass is 10.1. The topological polar surface area (TPSA) is 79.6 Å². The molecule has 0 spiro atoms. The third-order valence-electron chi connectivity index (χ3n) is 4.09. The normalized spacial score (nSPS) is 11.8. The lowest BCUT2D eigenvalue weighted by Crippen LogP contribution is -2.46. The van der Waals surface area contributed by atoms with Gasteiger partial charge in [-0.15, -0.1) is 0 Å². The quantitative estimate of drug-likeness (QED) is 0.631. The number of nitrogens with zero attached hydrogens (tertiary/aromatic N) is 2. The van der Waals surface area contributed by atoms with Crippen molar-refractivity contribution in [3.8, 4) is 11.8 Å². The Hall–Kier alpha value is -3.40. The van der Waals surface area contributed by atoms with Crippen molar-refractivity contribution in [3.63, 3.8) is 0 Å². The molecule has 1 amide bonds. The Labute approximate surface area is 169 Å². The molecule has 0 saturated heterocycles. The molecule has 152 valence electrons. The van der Waals surface area contributed by atoms with Crippen LogP contribution in [0.25, 0.3) is 0 Å². The molecule has 0 saturated carbocycles. The van der Waals surface area contributed by atoms with E-state index < -0.39 is 29.4 Å². The highest BCUT2D eigenvalue weighted by atomic mass is 19.1. The van der Waals surface area contributed by atoms with E-state index in [-0.39, 0.29) is 13.0 Å². The first-order valence-corrected chi connectivity index (χ1v) is 9.13. The van der Waals surface area contributed by atoms with E-state index in [2.05, 4.69) is 0 Å². The molecule has 0 radical (unpaired) electrons. The van der Waals surface area contributed by atoms with Crippen LogP contribution in [0.1, 0.15) is 27.2 Å². The highest BCUT2D eigenvalue weighted by molar-refractivity contribution is 5.97. The number of halogens is 1. The number of hydrogen-bond donors (Lipinski definition) is 0. The summed E-state index contributed by atoms with van der Waals surface area (Å²) >= 11 is 0. The first-order chi connectivity index (χ1) is 13.7. The maximum atomic E-state index is 13.0. The van der Waals surface area contributed by atoms with Crippen LogP contribution in [0.2, 0.25) is 0 Å². The molecule has 2 aromatic rings. The summed E-state index contributed by atoms with van der Waals surface area (Å²) in [6.45, 7) is 4.65. The first kappa shape index (κ1) is 21.9. The minimum atomic E-state index is -1.39. The van der Waals surface area contributed by atoms with Crippen LogP contribution in [-0.2, 0) is 14.3 Å². The molecule has 1 atom stereocenters. The first-order valence-electron chi connectivity index (χ1n) is 9.13. The van der Waals surface area contributed by atoms with Crippen LogP contribution in [0, 0.1) is 17.1 Å². The predicted molar refractivity (Wildman–Crippen MR) is 106 cm³/mol. The maximum Gasteiger partial charge on any atom is 0.350 e. The average Bonchev–Trinajstić information content (AvgIpc) is 2.70. The Kier molecular flexibility index (Phi) is 7.32. The third kappa shape index (κ3) is 6.04. The van der Waals surface area contributed by atoms with Crippen molar-refractivity contribution in [1.82, 2.24) is 0 Å². The van der Waals surface area contributed by atoms with Crippen molar-refractivity contribution in [2.45, 2.75) is 38.9 Å². The molecule has 0 unspecified atom stereocenters. The molecule has 2 aromatic carbocycles. The molecule has 0 aliphatic rings. The van der Waals surface area contributed by atoms with Gasteiger partial charge in [-0.1, -0.05) is 18.2 Å². The second-order valence-corrected chi connectivity index (χ2v) is 6.85. The average molecular weight is 398 g/mol. The van der Waals surface area contributed by atoms with Crippen LogP contribution < -0.4 is 9.64 Å². The highest BCUT2D eigenvalue weighted by Crippen LogP contribution is 2.21. The number of hydrogen-bond acceptors (Lipinski definition) is 5. The number of esters is 1. The van der Waals surface area contributed by atoms with Crippen LogP contribution in [0.3, 0.4) is 0 Å². The molecule has 0 aromatic heterocycles. The van der Waals surface area contributed by atoms with Crippen molar-refractivity contribution in [3.05, 3.63) is 60.4 Å². The zero-order valence-electron chi connectivity index (χ0n) is 16.6. The summed E-state index contributed by atoms with van der Waals surface area (Å²) < 4.78 is 24.0. The molecule has 29 heavy (non-hydrogen) atoms. The fourth-order valence-electron chi connectivity index (χ4n) is 2.55. The van der Waals surface area contributed by atoms with E-state index in [4.69, 9.17) is 14.7 Å². The minimum Gasteiger partial charge on any atom is -0.476 e. The molecule has 0 fully saturated rings. The van der Waals surface area contributed by atoms with Gasteiger partial charge in [-0.25, -0.2) is 9.18 Å². The van der Waals surface area contributed by atoms with Crippen LogP contribution >= 0.6 is 0 Å². The molecule has 6 nitrogen and oxygen atoms in total. The number of nitriles is 1. The van der Waals surface area contributed by atoms with Gasteiger partial charge in [0.25, 0.3) is 5.91 Å². The smallest absolute Gasteiger partial charge is 0.350 e. The number of para-hydroxylation sites is 1. The zero-order valence-corrected chi connectivity index (χ0v) is 16.6. The van der Waals surface area contributed by atoms with E-state index in [9.17, 15) is 14.0 Å². The summed E-state index contributed by atoms with van der Waals surface area (Å²) in [5, 5.41) is 8.88. The summed E-state index contributed by atoms with van der Waals surface area (Å²) in [5.74, 6) is -1.31. The Morgan fingerprint density at radius 1 is 1.14 bits per heavy atom. The van der Waals surface area contributed by atoms with E-state index >= 15 is 0 Å². The Morgan fingerprint density at radius 2 is 1.76 bits per heavy atom. The standard InChI is InChI=1S/C22H23FN2O4/c1-16(20(26)25(15-7-14-24)18-8-5-4-6-9-18)28-21(27)22(2,3)29-19-12-10-17(23)11-13-19/h4-6,8-13,16H,7,15H2,1-3H3/t16-/m1/s1. The third-order valence-corrected chi connectivity index (χ3v) is 4.09. The molecule has 2 rings (SSSR count). The zero-order chi connectivity index (χ0) is 21.4. The fraction of sp³-hybridized carbons (Fsp3) is 0.318. The van der Waals surface area contributed by atoms with Crippen LogP contribution in [0.15, 0.2) is 54.6 Å². The molecule has 7 heteroatoms. The number of carbonyl (C=O) groups excluding carboxylic acids is 2. The largest absolute Gasteiger partial charge is 0.476 e. The molecule has 0 bridgehead atoms. The monoisotopic (exact) mass is 398 g/mol. The summed E-state index contributed by atoms with van der Waals surface area (Å²) in [7, 11) is 0. The van der Waals surface area contributed by atoms with Gasteiger partial charge in [0.05, 0.1) is 12.5 Å². The summed E-state index contributed by atoms with van der Waals surface area (Å²) in [4.78, 5) is 26.9. The van der Waals surface area contributed by atoms with Gasteiger partial charge in [0.1, 0.15) is 11.6 Å². The Balaban J connectivity index is 2.08. The molecular formula is C22H23FN2O4. The molecule has 0 N–H and O–H groups in total. The van der Waals surface area contributed by atoms with Gasteiger partial charge in [0.15, 0.2) is 11.7 Å². The van der Waals surface area contributed by atoms with Crippen LogP contribution in [0.4, 0.5) is 10.1 Å². The highest BCUT2D eigenvalue weighted by Gasteiger charge is 2.35. The van der Waals surface area contributed by atoms with Gasteiger partial charge in [-0.2, -0.15) is 5.26 Å². The van der Waals surface area contributed by atoms with Crippen LogP contribution in [0.5, 0.6) is 5.75 Å². The molecule has 0 heterocycles. The molecule has 0 aliphatic carbocycles. The summed E-state index contributed by atoms with van der Waals surface area (Å²) in [6.07, 6.45) is -0.946. The number of carbonyl (C=O) groups is 2. The lowest BCUT2D eigenvalue weighted by Gasteiger charge is -2.28. The lowest BCUT2D eigenvalue weighted by molar-refractivity contribution is -0.167. The maximum absolute atomic E-state index is 13.0. The van der Waals surface area contributed by atoms with E-state index in [1.807, 2.05) is 12.1 Å². The number of benzene rings is 2. The predicted octanol–water partition coefficient (Wildman–Crippen LogP) is 3.86. The van der Waals surface area contributed by atoms with Gasteiger partial charge >= 0.3 is 5.97 Å². The van der Waals surface area contributed by atoms with Gasteiger partial charge in [0, 0.05) is 12.2 Å². The van der Waals surface area contributed by atoms with E-state index in [0.29, 0.717) is 11.4 Å². The number of rotatable bonds is 8. The molecular weight excluding hydrogens is 375 g/mol. The van der Waals surface area contributed by atoms with Gasteiger partial charge in [0.2, 0.25) is 0 Å². The SMILES string of the molecule is C[C@@H](OC(=O)C(C)(C)Oc1ccc(F)cc1)C(=O)N(CCC#N)c1ccccc1. The van der Waals surface area contributed by atoms with Gasteiger partial charge in [-0.3, -0.25) is 4.79 Å². The van der Waals surface area contributed by atoms with Crippen molar-refractivity contribution in [2.75, 3.05) is 11.4 Å². The van der Waals surface area contributed by atoms with Crippen LogP contribution in [-0.4, -0.2) is 30.1 Å². The number of amides is 1. The minimum absolute atomic E-state index is 0.139. The fourth-order valence-corrected chi connectivity index (χ4v) is 2.55. The Bertz CT molecular complexity index is 876. The van der Waals surface area contributed by atoms with Gasteiger partial charge in [-0.05, 0) is 57.2 Å². The number of ether oxygens (including phenoxy) is 2. The van der Waals surface area contributed by atoms with Gasteiger partial charge < -0.3 is 14.4 Å². The van der Waals surface area contributed by atoms with Crippen molar-refractivity contribution >= 4 is 17.6 Å². The van der Waals surface area contributed by atoms with E-state index in [0.717, 1.165) is 0 Å². The van der Waals surface area contributed by atoms with E-state index in [1.165, 1.54) is 49.9 Å². The van der Waals surface area contributed by atoms with Crippen molar-refractivity contribution in [2.24, 2.45) is 0 Å².